The average molecular weight is 352 g/mol. The lowest BCUT2D eigenvalue weighted by Crippen LogP contribution is -2.30. The number of aromatic nitrogens is 3. The summed E-state index contributed by atoms with van der Waals surface area (Å²) in [6.07, 6.45) is 4.71. The largest absolute Gasteiger partial charge is 0.334 e. The van der Waals surface area contributed by atoms with Crippen LogP contribution in [0, 0.1) is 10.6 Å². The van der Waals surface area contributed by atoms with Gasteiger partial charge in [0.05, 0.1) is 5.69 Å². The highest BCUT2D eigenvalue weighted by Gasteiger charge is 2.17. The molecule has 4 nitrogen and oxygen atoms in total. The van der Waals surface area contributed by atoms with Crippen molar-refractivity contribution >= 4 is 12.2 Å². The molecule has 0 spiro atoms. The molecule has 1 aliphatic heterocycles. The first kappa shape index (κ1) is 16.1. The SMILES string of the molecule is Fc1ccc(-c2ccc(CN3CCc4[nH]c(=S)ncc4C3)cn2)cc1. The zero-order valence-electron chi connectivity index (χ0n) is 13.6. The fourth-order valence-corrected chi connectivity index (χ4v) is 3.28. The fraction of sp³-hybridized carbons (Fsp3) is 0.211. The Bertz CT molecular complexity index is 935. The molecule has 0 bridgehead atoms. The van der Waals surface area contributed by atoms with Gasteiger partial charge < -0.3 is 4.98 Å². The maximum absolute atomic E-state index is 13.0. The quantitative estimate of drug-likeness (QED) is 0.726. The van der Waals surface area contributed by atoms with Gasteiger partial charge in [0.1, 0.15) is 5.82 Å². The molecule has 0 saturated heterocycles. The normalized spacial score (nSPS) is 14.3. The Morgan fingerprint density at radius 3 is 2.68 bits per heavy atom. The summed E-state index contributed by atoms with van der Waals surface area (Å²) in [6, 6.07) is 10.5. The number of nitrogens with one attached hydrogen (secondary N) is 1. The van der Waals surface area contributed by atoms with Crippen LogP contribution in [-0.2, 0) is 19.5 Å². The molecule has 0 fully saturated rings. The van der Waals surface area contributed by atoms with Gasteiger partial charge in [-0.05, 0) is 48.1 Å². The van der Waals surface area contributed by atoms with Crippen LogP contribution in [0.1, 0.15) is 16.8 Å². The summed E-state index contributed by atoms with van der Waals surface area (Å²) in [4.78, 5) is 14.2. The maximum atomic E-state index is 13.0. The highest BCUT2D eigenvalue weighted by molar-refractivity contribution is 7.71. The molecule has 1 aliphatic rings. The summed E-state index contributed by atoms with van der Waals surface area (Å²) in [6.45, 7) is 2.67. The molecule has 0 unspecified atom stereocenters. The summed E-state index contributed by atoms with van der Waals surface area (Å²) in [5.41, 5.74) is 5.33. The third kappa shape index (κ3) is 3.65. The van der Waals surface area contributed by atoms with Gasteiger partial charge in [0, 0.05) is 55.3 Å². The molecule has 4 rings (SSSR count). The molecule has 0 radical (unpaired) electrons. The zero-order valence-corrected chi connectivity index (χ0v) is 14.4. The smallest absolute Gasteiger partial charge is 0.196 e. The molecular weight excluding hydrogens is 335 g/mol. The number of fused-ring (bicyclic) bond motifs is 1. The van der Waals surface area contributed by atoms with Gasteiger partial charge in [-0.3, -0.25) is 9.88 Å². The number of pyridine rings is 1. The molecule has 0 aliphatic carbocycles. The number of hydrogen-bond acceptors (Lipinski definition) is 4. The molecule has 0 saturated carbocycles. The van der Waals surface area contributed by atoms with Gasteiger partial charge in [-0.25, -0.2) is 9.37 Å². The predicted octanol–water partition coefficient (Wildman–Crippen LogP) is 3.90. The van der Waals surface area contributed by atoms with Crippen LogP contribution >= 0.6 is 12.2 Å². The van der Waals surface area contributed by atoms with Crippen molar-refractivity contribution in [2.75, 3.05) is 6.54 Å². The van der Waals surface area contributed by atoms with Gasteiger partial charge in [-0.2, -0.15) is 0 Å². The van der Waals surface area contributed by atoms with Crippen molar-refractivity contribution in [2.45, 2.75) is 19.5 Å². The number of benzene rings is 1. The lowest BCUT2D eigenvalue weighted by molar-refractivity contribution is 0.242. The van der Waals surface area contributed by atoms with E-state index in [1.807, 2.05) is 18.5 Å². The topological polar surface area (TPSA) is 44.8 Å². The van der Waals surface area contributed by atoms with Crippen LogP contribution in [-0.4, -0.2) is 26.4 Å². The molecule has 3 heterocycles. The first-order chi connectivity index (χ1) is 12.2. The van der Waals surface area contributed by atoms with E-state index in [0.717, 1.165) is 42.9 Å². The molecule has 1 N–H and O–H groups in total. The van der Waals surface area contributed by atoms with Crippen molar-refractivity contribution < 1.29 is 4.39 Å². The molecule has 1 aromatic carbocycles. The van der Waals surface area contributed by atoms with E-state index in [1.54, 1.807) is 12.1 Å². The van der Waals surface area contributed by atoms with Crippen molar-refractivity contribution in [3.05, 3.63) is 76.2 Å². The number of aromatic amines is 1. The van der Waals surface area contributed by atoms with Gasteiger partial charge in [-0.15, -0.1) is 0 Å². The van der Waals surface area contributed by atoms with Crippen molar-refractivity contribution in [1.29, 1.82) is 0 Å². The minimum Gasteiger partial charge on any atom is -0.334 e. The number of hydrogen-bond donors (Lipinski definition) is 1. The Morgan fingerprint density at radius 2 is 1.92 bits per heavy atom. The third-order valence-electron chi connectivity index (χ3n) is 4.43. The molecular formula is C19H17FN4S. The van der Waals surface area contributed by atoms with Gasteiger partial charge in [0.25, 0.3) is 0 Å². The fourth-order valence-electron chi connectivity index (χ4n) is 3.11. The number of rotatable bonds is 3. The summed E-state index contributed by atoms with van der Waals surface area (Å²) < 4.78 is 13.6. The number of H-pyrrole nitrogens is 1. The van der Waals surface area contributed by atoms with E-state index in [4.69, 9.17) is 12.2 Å². The van der Waals surface area contributed by atoms with E-state index < -0.39 is 0 Å². The standard InChI is InChI=1S/C19H17FN4S/c20-16-4-2-14(3-5-16)17-6-1-13(9-21-17)11-24-8-7-18-15(12-24)10-22-19(25)23-18/h1-6,9-10H,7-8,11-12H2,(H,22,23,25). The molecule has 2 aromatic heterocycles. The van der Waals surface area contributed by atoms with Crippen LogP contribution in [0.4, 0.5) is 4.39 Å². The van der Waals surface area contributed by atoms with E-state index in [1.165, 1.54) is 23.4 Å². The monoisotopic (exact) mass is 352 g/mol. The van der Waals surface area contributed by atoms with E-state index in [0.29, 0.717) is 4.77 Å². The summed E-state index contributed by atoms with van der Waals surface area (Å²) in [5, 5.41) is 0. The Hall–Kier alpha value is -2.44. The Balaban J connectivity index is 1.46. The average Bonchev–Trinajstić information content (AvgIpc) is 2.63. The maximum Gasteiger partial charge on any atom is 0.196 e. The van der Waals surface area contributed by atoms with Crippen molar-refractivity contribution in [1.82, 2.24) is 19.9 Å². The minimum absolute atomic E-state index is 0.236. The molecule has 3 aromatic rings. The van der Waals surface area contributed by atoms with E-state index in [-0.39, 0.29) is 5.82 Å². The van der Waals surface area contributed by atoms with Crippen LogP contribution in [0.15, 0.2) is 48.8 Å². The van der Waals surface area contributed by atoms with Crippen LogP contribution in [0.25, 0.3) is 11.3 Å². The van der Waals surface area contributed by atoms with E-state index in [2.05, 4.69) is 25.9 Å². The minimum atomic E-state index is -0.236. The van der Waals surface area contributed by atoms with Crippen molar-refractivity contribution in [3.8, 4) is 11.3 Å². The molecule has 0 amide bonds. The highest BCUT2D eigenvalue weighted by Crippen LogP contribution is 2.20. The summed E-state index contributed by atoms with van der Waals surface area (Å²) in [5.74, 6) is -0.236. The molecule has 126 valence electrons. The predicted molar refractivity (Wildman–Crippen MR) is 96.9 cm³/mol. The number of halogens is 1. The molecule has 6 heteroatoms. The first-order valence-corrected chi connectivity index (χ1v) is 8.58. The van der Waals surface area contributed by atoms with Crippen LogP contribution in [0.2, 0.25) is 0 Å². The first-order valence-electron chi connectivity index (χ1n) is 8.18. The zero-order chi connectivity index (χ0) is 17.2. The van der Waals surface area contributed by atoms with E-state index in [9.17, 15) is 4.39 Å². The molecule has 0 atom stereocenters. The second-order valence-electron chi connectivity index (χ2n) is 6.21. The lowest BCUT2D eigenvalue weighted by Gasteiger charge is -2.28. The van der Waals surface area contributed by atoms with Gasteiger partial charge in [-0.1, -0.05) is 6.07 Å². The molecule has 25 heavy (non-hydrogen) atoms. The Morgan fingerprint density at radius 1 is 1.08 bits per heavy atom. The highest BCUT2D eigenvalue weighted by atomic mass is 32.1. The van der Waals surface area contributed by atoms with Gasteiger partial charge in [0.2, 0.25) is 0 Å². The van der Waals surface area contributed by atoms with Gasteiger partial charge >= 0.3 is 0 Å². The van der Waals surface area contributed by atoms with Crippen LogP contribution in [0.5, 0.6) is 0 Å². The van der Waals surface area contributed by atoms with Crippen LogP contribution in [0.3, 0.4) is 0 Å². The van der Waals surface area contributed by atoms with Crippen molar-refractivity contribution in [2.24, 2.45) is 0 Å². The summed E-state index contributed by atoms with van der Waals surface area (Å²) >= 11 is 5.08. The lowest BCUT2D eigenvalue weighted by atomic mass is 10.1. The van der Waals surface area contributed by atoms with E-state index >= 15 is 0 Å². The van der Waals surface area contributed by atoms with Crippen LogP contribution < -0.4 is 0 Å². The van der Waals surface area contributed by atoms with Gasteiger partial charge in [0.15, 0.2) is 4.77 Å². The number of nitrogens with zero attached hydrogens (tertiary/aromatic N) is 3. The summed E-state index contributed by atoms with van der Waals surface area (Å²) in [7, 11) is 0. The second-order valence-corrected chi connectivity index (χ2v) is 6.60. The Kier molecular flexibility index (Phi) is 4.38. The second kappa shape index (κ2) is 6.82. The Labute approximate surface area is 150 Å². The third-order valence-corrected chi connectivity index (χ3v) is 4.63. The van der Waals surface area contributed by atoms with Crippen molar-refractivity contribution in [3.63, 3.8) is 0 Å².